The van der Waals surface area contributed by atoms with Gasteiger partial charge in [-0.15, -0.1) is 0 Å². The maximum absolute atomic E-state index is 15.2. The summed E-state index contributed by atoms with van der Waals surface area (Å²) in [5.41, 5.74) is 0.550. The number of rotatable bonds is 6. The van der Waals surface area contributed by atoms with Gasteiger partial charge in [0, 0.05) is 0 Å². The second kappa shape index (κ2) is 8.86. The van der Waals surface area contributed by atoms with Crippen molar-refractivity contribution in [2.24, 2.45) is 0 Å². The molecule has 0 radical (unpaired) electrons. The van der Waals surface area contributed by atoms with Crippen molar-refractivity contribution in [3.8, 4) is 11.5 Å². The lowest BCUT2D eigenvalue weighted by Gasteiger charge is -2.23. The van der Waals surface area contributed by atoms with Gasteiger partial charge in [0.2, 0.25) is 0 Å². The minimum atomic E-state index is -3.64. The molecule has 0 spiro atoms. The molecule has 5 aromatic carbocycles. The number of alkyl halides is 4. The predicted molar refractivity (Wildman–Crippen MR) is 133 cm³/mol. The standard InChI is InChI=1S/C30H22F4O2/c1-19-14-16-27(25-12-6-5-10-23(19)25)29(31,32)35-22-15-17-28(20(2)18-22)36-30(33,34)26-13-7-9-21-8-3-4-11-24(21)26/h3-18H,1-2H3. The van der Waals surface area contributed by atoms with E-state index in [1.54, 1.807) is 60.7 Å². The van der Waals surface area contributed by atoms with Gasteiger partial charge in [-0.05, 0) is 76.9 Å². The molecule has 5 aromatic rings. The monoisotopic (exact) mass is 490 g/mol. The molecule has 0 saturated carbocycles. The van der Waals surface area contributed by atoms with Crippen molar-refractivity contribution in [2.45, 2.75) is 26.1 Å². The maximum Gasteiger partial charge on any atom is 0.427 e. The van der Waals surface area contributed by atoms with Crippen LogP contribution in [0.3, 0.4) is 0 Å². The molecule has 36 heavy (non-hydrogen) atoms. The van der Waals surface area contributed by atoms with E-state index in [0.717, 1.165) is 5.56 Å². The van der Waals surface area contributed by atoms with Crippen LogP contribution in [0.25, 0.3) is 21.5 Å². The van der Waals surface area contributed by atoms with Gasteiger partial charge in [0.1, 0.15) is 11.5 Å². The lowest BCUT2D eigenvalue weighted by molar-refractivity contribution is -0.187. The van der Waals surface area contributed by atoms with Crippen LogP contribution in [0.2, 0.25) is 0 Å². The van der Waals surface area contributed by atoms with Crippen LogP contribution in [0.5, 0.6) is 11.5 Å². The third-order valence-electron chi connectivity index (χ3n) is 6.19. The van der Waals surface area contributed by atoms with Crippen LogP contribution in [-0.2, 0) is 12.2 Å². The van der Waals surface area contributed by atoms with E-state index in [2.05, 4.69) is 0 Å². The van der Waals surface area contributed by atoms with Gasteiger partial charge >= 0.3 is 12.2 Å². The normalized spacial score (nSPS) is 12.2. The van der Waals surface area contributed by atoms with E-state index in [4.69, 9.17) is 9.47 Å². The number of halogens is 4. The number of ether oxygens (including phenoxy) is 2. The van der Waals surface area contributed by atoms with Crippen molar-refractivity contribution < 1.29 is 27.0 Å². The molecule has 0 saturated heterocycles. The fourth-order valence-corrected chi connectivity index (χ4v) is 4.38. The molecule has 0 aliphatic heterocycles. The Bertz CT molecular complexity index is 1570. The van der Waals surface area contributed by atoms with E-state index in [0.29, 0.717) is 21.5 Å². The third-order valence-corrected chi connectivity index (χ3v) is 6.19. The highest BCUT2D eigenvalue weighted by Gasteiger charge is 2.38. The Morgan fingerprint density at radius 1 is 0.528 bits per heavy atom. The van der Waals surface area contributed by atoms with Gasteiger partial charge in [-0.3, -0.25) is 0 Å². The summed E-state index contributed by atoms with van der Waals surface area (Å²) in [6.45, 7) is 3.35. The first-order valence-corrected chi connectivity index (χ1v) is 11.4. The van der Waals surface area contributed by atoms with E-state index >= 15 is 17.6 Å². The van der Waals surface area contributed by atoms with E-state index in [9.17, 15) is 0 Å². The van der Waals surface area contributed by atoms with Crippen LogP contribution in [-0.4, -0.2) is 0 Å². The first kappa shape index (κ1) is 23.7. The zero-order valence-electron chi connectivity index (χ0n) is 19.6. The van der Waals surface area contributed by atoms with Gasteiger partial charge < -0.3 is 9.47 Å². The van der Waals surface area contributed by atoms with Gasteiger partial charge in [0.15, 0.2) is 0 Å². The summed E-state index contributed by atoms with van der Waals surface area (Å²) in [7, 11) is 0. The fraction of sp³-hybridized carbons (Fsp3) is 0.133. The molecule has 0 fully saturated rings. The highest BCUT2D eigenvalue weighted by molar-refractivity contribution is 5.89. The SMILES string of the molecule is Cc1cc(OC(F)(F)c2ccc(C)c3ccccc23)ccc1OC(F)(F)c1cccc2ccccc12. The third kappa shape index (κ3) is 4.35. The first-order chi connectivity index (χ1) is 17.2. The molecular weight excluding hydrogens is 468 g/mol. The van der Waals surface area contributed by atoms with E-state index in [1.165, 1.54) is 43.3 Å². The number of aryl methyl sites for hydroxylation is 2. The molecule has 0 aliphatic rings. The van der Waals surface area contributed by atoms with Gasteiger partial charge in [0.05, 0.1) is 11.1 Å². The molecule has 0 aliphatic carbocycles. The maximum atomic E-state index is 15.2. The molecule has 182 valence electrons. The van der Waals surface area contributed by atoms with Crippen molar-refractivity contribution in [3.05, 3.63) is 119 Å². The van der Waals surface area contributed by atoms with Crippen molar-refractivity contribution >= 4 is 21.5 Å². The molecule has 0 N–H and O–H groups in total. The number of benzene rings is 5. The Hall–Kier alpha value is -4.06. The summed E-state index contributed by atoms with van der Waals surface area (Å²) in [4.78, 5) is 0. The van der Waals surface area contributed by atoms with E-state index in [-0.39, 0.29) is 28.2 Å². The molecule has 2 nitrogen and oxygen atoms in total. The second-order valence-electron chi connectivity index (χ2n) is 8.67. The predicted octanol–water partition coefficient (Wildman–Crippen LogP) is 8.87. The highest BCUT2D eigenvalue weighted by Crippen LogP contribution is 2.40. The molecule has 0 amide bonds. The molecule has 6 heteroatoms. The van der Waals surface area contributed by atoms with Crippen molar-refractivity contribution in [1.29, 1.82) is 0 Å². The summed E-state index contributed by atoms with van der Waals surface area (Å²) in [5, 5.41) is 2.11. The van der Waals surface area contributed by atoms with Crippen LogP contribution in [0, 0.1) is 13.8 Å². The summed E-state index contributed by atoms with van der Waals surface area (Å²) < 4.78 is 70.9. The lowest BCUT2D eigenvalue weighted by atomic mass is 10.00. The summed E-state index contributed by atoms with van der Waals surface area (Å²) in [6.07, 6.45) is -7.28. The molecule has 0 bridgehead atoms. The van der Waals surface area contributed by atoms with Gasteiger partial charge in [0.25, 0.3) is 0 Å². The van der Waals surface area contributed by atoms with Gasteiger partial charge in [-0.25, -0.2) is 0 Å². The Morgan fingerprint density at radius 2 is 1.14 bits per heavy atom. The van der Waals surface area contributed by atoms with Crippen LogP contribution < -0.4 is 9.47 Å². The molecule has 0 unspecified atom stereocenters. The molecule has 0 atom stereocenters. The molecule has 0 aromatic heterocycles. The van der Waals surface area contributed by atoms with Crippen LogP contribution in [0.1, 0.15) is 22.3 Å². The van der Waals surface area contributed by atoms with Crippen LogP contribution >= 0.6 is 0 Å². The van der Waals surface area contributed by atoms with E-state index < -0.39 is 12.2 Å². The van der Waals surface area contributed by atoms with E-state index in [1.807, 2.05) is 6.92 Å². The fourth-order valence-electron chi connectivity index (χ4n) is 4.38. The van der Waals surface area contributed by atoms with Crippen molar-refractivity contribution in [1.82, 2.24) is 0 Å². The quantitative estimate of drug-likeness (QED) is 0.221. The average Bonchev–Trinajstić information content (AvgIpc) is 2.85. The second-order valence-corrected chi connectivity index (χ2v) is 8.67. The lowest BCUT2D eigenvalue weighted by Crippen LogP contribution is -2.23. The minimum absolute atomic E-state index is 0.135. The summed E-state index contributed by atoms with van der Waals surface area (Å²) >= 11 is 0. The topological polar surface area (TPSA) is 18.5 Å². The van der Waals surface area contributed by atoms with Crippen molar-refractivity contribution in [3.63, 3.8) is 0 Å². The molecular formula is C30H22F4O2. The van der Waals surface area contributed by atoms with Crippen molar-refractivity contribution in [2.75, 3.05) is 0 Å². The Morgan fingerprint density at radius 3 is 1.89 bits per heavy atom. The smallest absolute Gasteiger partial charge is 0.427 e. The van der Waals surface area contributed by atoms with Gasteiger partial charge in [-0.1, -0.05) is 66.7 Å². The van der Waals surface area contributed by atoms with Crippen LogP contribution in [0.4, 0.5) is 17.6 Å². The molecule has 0 heterocycles. The summed E-state index contributed by atoms with van der Waals surface area (Å²) in [6, 6.07) is 24.9. The highest BCUT2D eigenvalue weighted by atomic mass is 19.3. The molecule has 5 rings (SSSR count). The zero-order valence-corrected chi connectivity index (χ0v) is 19.6. The number of fused-ring (bicyclic) bond motifs is 2. The average molecular weight is 490 g/mol. The summed E-state index contributed by atoms with van der Waals surface area (Å²) in [5.74, 6) is -0.299. The number of hydrogen-bond acceptors (Lipinski definition) is 2. The number of hydrogen-bond donors (Lipinski definition) is 0. The Kier molecular flexibility index (Phi) is 5.83. The Balaban J connectivity index is 1.42. The largest absolute Gasteiger partial charge is 0.429 e. The first-order valence-electron chi connectivity index (χ1n) is 11.4. The Labute approximate surface area is 205 Å². The van der Waals surface area contributed by atoms with Gasteiger partial charge in [-0.2, -0.15) is 17.6 Å². The zero-order chi connectivity index (χ0) is 25.5. The van der Waals surface area contributed by atoms with Crippen LogP contribution in [0.15, 0.2) is 97.1 Å². The minimum Gasteiger partial charge on any atom is -0.429 e.